The van der Waals surface area contributed by atoms with Gasteiger partial charge in [0.15, 0.2) is 0 Å². The summed E-state index contributed by atoms with van der Waals surface area (Å²) >= 11 is 0. The molecular weight excluding hydrogens is 216 g/mol. The van der Waals surface area contributed by atoms with E-state index in [4.69, 9.17) is 4.74 Å². The Balaban J connectivity index is 2.16. The predicted molar refractivity (Wildman–Crippen MR) is 64.6 cm³/mol. The monoisotopic (exact) mass is 226 g/mol. The molecule has 0 amide bonds. The third kappa shape index (κ3) is 1.52. The standard InChI is InChI=1S/C14H10O3/c15-10-6-3-7-12-14(10)11(16)8-13(17-12)9-4-1-2-5-9/h1-8,15-16H. The number of allylic oxidation sites excluding steroid dienone is 6. The Kier molecular flexibility index (Phi) is 2.05. The number of ether oxygens (including phenoxy) is 1. The highest BCUT2D eigenvalue weighted by atomic mass is 16.5. The van der Waals surface area contributed by atoms with Gasteiger partial charge in [-0.15, -0.1) is 0 Å². The molecule has 17 heavy (non-hydrogen) atoms. The first kappa shape index (κ1) is 9.78. The van der Waals surface area contributed by atoms with Crippen molar-refractivity contribution in [3.63, 3.8) is 0 Å². The lowest BCUT2D eigenvalue weighted by Crippen LogP contribution is -2.04. The highest BCUT2D eigenvalue weighted by Gasteiger charge is 2.21. The molecule has 0 atom stereocenters. The second-order valence-electron chi connectivity index (χ2n) is 3.82. The number of hydrogen-bond donors (Lipinski definition) is 2. The van der Waals surface area contributed by atoms with Crippen LogP contribution in [0.2, 0.25) is 0 Å². The number of benzene rings is 1. The summed E-state index contributed by atoms with van der Waals surface area (Å²) in [5.74, 6) is 1.06. The van der Waals surface area contributed by atoms with Crippen molar-refractivity contribution >= 4 is 5.76 Å². The first-order valence-corrected chi connectivity index (χ1v) is 5.25. The van der Waals surface area contributed by atoms with E-state index in [9.17, 15) is 10.2 Å². The highest BCUT2D eigenvalue weighted by Crippen LogP contribution is 2.38. The SMILES string of the molecule is OC1=CC(=C2C=CC=C2)Oc2cccc(O)c21. The van der Waals surface area contributed by atoms with Gasteiger partial charge in [0.1, 0.15) is 28.6 Å². The van der Waals surface area contributed by atoms with Crippen molar-refractivity contribution < 1.29 is 14.9 Å². The fraction of sp³-hybridized carbons (Fsp3) is 0. The lowest BCUT2D eigenvalue weighted by atomic mass is 10.1. The first-order chi connectivity index (χ1) is 8.25. The first-order valence-electron chi connectivity index (χ1n) is 5.25. The van der Waals surface area contributed by atoms with Gasteiger partial charge in [0.2, 0.25) is 0 Å². The summed E-state index contributed by atoms with van der Waals surface area (Å²) < 4.78 is 5.65. The van der Waals surface area contributed by atoms with Gasteiger partial charge >= 0.3 is 0 Å². The molecule has 3 nitrogen and oxygen atoms in total. The lowest BCUT2D eigenvalue weighted by molar-refractivity contribution is 0.402. The summed E-state index contributed by atoms with van der Waals surface area (Å²) in [5.41, 5.74) is 1.23. The van der Waals surface area contributed by atoms with Gasteiger partial charge < -0.3 is 14.9 Å². The molecule has 0 aromatic heterocycles. The highest BCUT2D eigenvalue weighted by molar-refractivity contribution is 5.74. The van der Waals surface area contributed by atoms with Crippen LogP contribution in [-0.2, 0) is 0 Å². The van der Waals surface area contributed by atoms with Gasteiger partial charge in [-0.05, 0) is 12.1 Å². The smallest absolute Gasteiger partial charge is 0.142 e. The summed E-state index contributed by atoms with van der Waals surface area (Å²) in [6, 6.07) is 4.90. The number of hydrogen-bond acceptors (Lipinski definition) is 3. The fourth-order valence-electron chi connectivity index (χ4n) is 1.89. The fourth-order valence-corrected chi connectivity index (χ4v) is 1.89. The van der Waals surface area contributed by atoms with Crippen LogP contribution in [0.3, 0.4) is 0 Å². The number of rotatable bonds is 0. The van der Waals surface area contributed by atoms with Crippen LogP contribution in [0.5, 0.6) is 11.5 Å². The average molecular weight is 226 g/mol. The van der Waals surface area contributed by atoms with E-state index in [0.717, 1.165) is 5.57 Å². The third-order valence-corrected chi connectivity index (χ3v) is 2.70. The number of phenolic OH excluding ortho intramolecular Hbond substituents is 1. The van der Waals surface area contributed by atoms with Crippen molar-refractivity contribution in [1.82, 2.24) is 0 Å². The van der Waals surface area contributed by atoms with Gasteiger partial charge in [0.05, 0.1) is 0 Å². The maximum absolute atomic E-state index is 9.91. The number of aliphatic hydroxyl groups excluding tert-OH is 1. The van der Waals surface area contributed by atoms with Crippen LogP contribution in [0.1, 0.15) is 5.56 Å². The van der Waals surface area contributed by atoms with Gasteiger partial charge in [0, 0.05) is 11.6 Å². The Labute approximate surface area is 98.3 Å². The molecule has 2 N–H and O–H groups in total. The molecule has 0 unspecified atom stereocenters. The van der Waals surface area contributed by atoms with E-state index >= 15 is 0 Å². The Hall–Kier alpha value is -2.42. The molecule has 1 aromatic rings. The minimum Gasteiger partial charge on any atom is -0.507 e. The molecule has 1 aliphatic carbocycles. The number of phenols is 1. The Morgan fingerprint density at radius 2 is 1.76 bits per heavy atom. The molecule has 0 fully saturated rings. The van der Waals surface area contributed by atoms with Crippen LogP contribution in [0.4, 0.5) is 0 Å². The molecule has 1 aliphatic heterocycles. The Bertz CT molecular complexity index is 590. The van der Waals surface area contributed by atoms with Crippen LogP contribution in [-0.4, -0.2) is 10.2 Å². The maximum Gasteiger partial charge on any atom is 0.142 e. The summed E-state index contributed by atoms with van der Waals surface area (Å²) in [5, 5.41) is 19.6. The summed E-state index contributed by atoms with van der Waals surface area (Å²) in [6.45, 7) is 0. The number of fused-ring (bicyclic) bond motifs is 1. The van der Waals surface area contributed by atoms with Crippen molar-refractivity contribution in [2.24, 2.45) is 0 Å². The normalized spacial score (nSPS) is 16.8. The molecule has 1 aromatic carbocycles. The number of aliphatic hydroxyl groups is 1. The van der Waals surface area contributed by atoms with Gasteiger partial charge in [0.25, 0.3) is 0 Å². The van der Waals surface area contributed by atoms with Gasteiger partial charge in [-0.2, -0.15) is 0 Å². The predicted octanol–water partition coefficient (Wildman–Crippen LogP) is 3.06. The Morgan fingerprint density at radius 3 is 2.53 bits per heavy atom. The topological polar surface area (TPSA) is 49.7 Å². The van der Waals surface area contributed by atoms with Crippen LogP contribution in [0.15, 0.2) is 59.9 Å². The van der Waals surface area contributed by atoms with Crippen molar-refractivity contribution in [3.8, 4) is 11.5 Å². The molecule has 0 bridgehead atoms. The molecule has 0 saturated heterocycles. The van der Waals surface area contributed by atoms with E-state index in [0.29, 0.717) is 17.1 Å². The molecule has 3 rings (SSSR count). The van der Waals surface area contributed by atoms with Crippen molar-refractivity contribution in [3.05, 3.63) is 65.5 Å². The van der Waals surface area contributed by atoms with E-state index in [1.165, 1.54) is 12.1 Å². The zero-order valence-corrected chi connectivity index (χ0v) is 8.92. The minimum absolute atomic E-state index is 0.0119. The zero-order valence-electron chi connectivity index (χ0n) is 8.92. The summed E-state index contributed by atoms with van der Waals surface area (Å²) in [6.07, 6.45) is 9.10. The molecule has 0 saturated carbocycles. The molecule has 84 valence electrons. The van der Waals surface area contributed by atoms with E-state index in [1.807, 2.05) is 24.3 Å². The minimum atomic E-state index is 0.0119. The van der Waals surface area contributed by atoms with Gasteiger partial charge in [-0.1, -0.05) is 30.4 Å². The quantitative estimate of drug-likeness (QED) is 0.714. The number of aromatic hydroxyl groups is 1. The van der Waals surface area contributed by atoms with Crippen LogP contribution < -0.4 is 4.74 Å². The van der Waals surface area contributed by atoms with Gasteiger partial charge in [-0.3, -0.25) is 0 Å². The van der Waals surface area contributed by atoms with Crippen molar-refractivity contribution in [2.75, 3.05) is 0 Å². The molecule has 0 radical (unpaired) electrons. The molecule has 1 heterocycles. The van der Waals surface area contributed by atoms with Crippen LogP contribution >= 0.6 is 0 Å². The van der Waals surface area contributed by atoms with E-state index in [-0.39, 0.29) is 11.5 Å². The van der Waals surface area contributed by atoms with E-state index in [1.54, 1.807) is 12.1 Å². The third-order valence-electron chi connectivity index (χ3n) is 2.70. The molecule has 3 heteroatoms. The van der Waals surface area contributed by atoms with Crippen LogP contribution in [0.25, 0.3) is 5.76 Å². The van der Waals surface area contributed by atoms with E-state index in [2.05, 4.69) is 0 Å². The second kappa shape index (κ2) is 3.56. The maximum atomic E-state index is 9.91. The van der Waals surface area contributed by atoms with E-state index < -0.39 is 0 Å². The average Bonchev–Trinajstić information content (AvgIpc) is 2.81. The molecular formula is C14H10O3. The summed E-state index contributed by atoms with van der Waals surface area (Å²) in [4.78, 5) is 0. The van der Waals surface area contributed by atoms with Crippen LogP contribution in [0, 0.1) is 0 Å². The molecule has 0 spiro atoms. The van der Waals surface area contributed by atoms with Gasteiger partial charge in [-0.25, -0.2) is 0 Å². The largest absolute Gasteiger partial charge is 0.507 e. The zero-order chi connectivity index (χ0) is 11.8. The molecule has 2 aliphatic rings. The lowest BCUT2D eigenvalue weighted by Gasteiger charge is -2.18. The second-order valence-corrected chi connectivity index (χ2v) is 3.82. The Morgan fingerprint density at radius 1 is 1.00 bits per heavy atom. The summed E-state index contributed by atoms with van der Waals surface area (Å²) in [7, 11) is 0. The van der Waals surface area contributed by atoms with Crippen molar-refractivity contribution in [2.45, 2.75) is 0 Å². The van der Waals surface area contributed by atoms with Crippen molar-refractivity contribution in [1.29, 1.82) is 0 Å².